The molecule has 1 N–H and O–H groups in total. The van der Waals surface area contributed by atoms with Gasteiger partial charge in [0.25, 0.3) is 11.4 Å². The molecule has 0 radical (unpaired) electrons. The molecule has 0 aliphatic carbocycles. The number of nitrogens with zero attached hydrogens (tertiary/aromatic N) is 1. The number of aromatic amines is 1. The Morgan fingerprint density at radius 2 is 1.68 bits per heavy atom. The van der Waals surface area contributed by atoms with Gasteiger partial charge in [-0.2, -0.15) is 0 Å². The highest BCUT2D eigenvalue weighted by Gasteiger charge is 2.69. The number of ether oxygens (including phenoxy) is 7. The predicted molar refractivity (Wildman–Crippen MR) is 125 cm³/mol. The summed E-state index contributed by atoms with van der Waals surface area (Å²) in [6, 6.07) is 1.01. The second-order valence-corrected chi connectivity index (χ2v) is 10.8. The fourth-order valence-corrected chi connectivity index (χ4v) is 4.57. The standard InChI is InChI=1S/C21H30FN2O15P/c1-12(2)37-18(27)31-10-35-40(29,36-11-32-19(28)38-13(3)4)34-8-21(22)15-20(5,33-9-30-15)16(39-21)24-7-6-14(25)23-17(24)26/h6-7,12-13,15-16H,8-11H2,1-5H3,(H,23,25,26). The number of phosphoric acid groups is 1. The second-order valence-electron chi connectivity index (χ2n) is 9.10. The van der Waals surface area contributed by atoms with Gasteiger partial charge >= 0.3 is 25.8 Å². The summed E-state index contributed by atoms with van der Waals surface area (Å²) in [6.07, 6.45) is -5.37. The third-order valence-electron chi connectivity index (χ3n) is 5.28. The van der Waals surface area contributed by atoms with Crippen molar-refractivity contribution in [3.8, 4) is 0 Å². The molecule has 4 atom stereocenters. The summed E-state index contributed by atoms with van der Waals surface area (Å²) in [5.41, 5.74) is -3.24. The molecule has 226 valence electrons. The molecule has 19 heteroatoms. The quantitative estimate of drug-likeness (QED) is 0.208. The number of rotatable bonds is 12. The van der Waals surface area contributed by atoms with Crippen molar-refractivity contribution in [3.63, 3.8) is 0 Å². The van der Waals surface area contributed by atoms with E-state index in [1.165, 1.54) is 6.92 Å². The van der Waals surface area contributed by atoms with Crippen LogP contribution in [0.3, 0.4) is 0 Å². The predicted octanol–water partition coefficient (Wildman–Crippen LogP) is 2.06. The number of hydrogen-bond acceptors (Lipinski definition) is 15. The van der Waals surface area contributed by atoms with Crippen molar-refractivity contribution in [3.05, 3.63) is 33.1 Å². The number of H-pyrrole nitrogens is 1. The highest BCUT2D eigenvalue weighted by Crippen LogP contribution is 2.55. The van der Waals surface area contributed by atoms with Crippen molar-refractivity contribution in [2.75, 3.05) is 27.0 Å². The molecule has 4 unspecified atom stereocenters. The molecule has 3 heterocycles. The van der Waals surface area contributed by atoms with Crippen LogP contribution in [0.15, 0.2) is 21.9 Å². The van der Waals surface area contributed by atoms with Crippen LogP contribution in [0.5, 0.6) is 0 Å². The van der Waals surface area contributed by atoms with Crippen LogP contribution >= 0.6 is 7.82 Å². The maximum atomic E-state index is 16.2. The summed E-state index contributed by atoms with van der Waals surface area (Å²) < 4.78 is 80.2. The van der Waals surface area contributed by atoms with E-state index >= 15 is 4.39 Å². The summed E-state index contributed by atoms with van der Waals surface area (Å²) in [6.45, 7) is 3.92. The Labute approximate surface area is 226 Å². The molecule has 0 spiro atoms. The molecule has 2 aliphatic heterocycles. The highest BCUT2D eigenvalue weighted by atomic mass is 31.2. The van der Waals surface area contributed by atoms with Crippen LogP contribution in [0.2, 0.25) is 0 Å². The summed E-state index contributed by atoms with van der Waals surface area (Å²) >= 11 is 0. The van der Waals surface area contributed by atoms with Gasteiger partial charge in [-0.3, -0.25) is 18.9 Å². The van der Waals surface area contributed by atoms with Crippen LogP contribution in [0.25, 0.3) is 0 Å². The van der Waals surface area contributed by atoms with E-state index < -0.39 is 94.4 Å². The van der Waals surface area contributed by atoms with E-state index in [-0.39, 0.29) is 0 Å². The molecular formula is C21H30FN2O15P. The summed E-state index contributed by atoms with van der Waals surface area (Å²) in [5, 5.41) is 0. The number of halogens is 1. The SMILES string of the molecule is CC(C)OC(=O)OCOP(=O)(OCOC(=O)OC(C)C)OCC1(F)OC(n2ccc(=O)[nH]c2=O)C2(C)OCOC12. The maximum absolute atomic E-state index is 16.2. The Morgan fingerprint density at radius 3 is 2.20 bits per heavy atom. The lowest BCUT2D eigenvalue weighted by molar-refractivity contribution is -0.229. The minimum atomic E-state index is -4.86. The molecule has 3 rings (SSSR count). The summed E-state index contributed by atoms with van der Waals surface area (Å²) in [7, 11) is -4.86. The van der Waals surface area contributed by atoms with Crippen molar-refractivity contribution in [1.29, 1.82) is 0 Å². The molecule has 0 bridgehead atoms. The average molecular weight is 600 g/mol. The largest absolute Gasteiger partial charge is 0.510 e. The van der Waals surface area contributed by atoms with E-state index in [1.54, 1.807) is 27.7 Å². The molecule has 2 aliphatic rings. The Hall–Kier alpha value is -2.86. The van der Waals surface area contributed by atoms with Gasteiger partial charge in [-0.25, -0.2) is 32.4 Å². The number of hydrogen-bond donors (Lipinski definition) is 1. The Kier molecular flexibility index (Phi) is 10.1. The van der Waals surface area contributed by atoms with Gasteiger partial charge in [-0.15, -0.1) is 0 Å². The first-order valence-corrected chi connectivity index (χ1v) is 13.3. The minimum Gasteiger partial charge on any atom is -0.432 e. The van der Waals surface area contributed by atoms with Crippen molar-refractivity contribution < 1.29 is 65.3 Å². The van der Waals surface area contributed by atoms with Gasteiger partial charge in [0.05, 0.1) is 12.2 Å². The number of aromatic nitrogens is 2. The summed E-state index contributed by atoms with van der Waals surface area (Å²) in [5.74, 6) is -2.93. The van der Waals surface area contributed by atoms with Gasteiger partial charge in [0.15, 0.2) is 12.3 Å². The zero-order chi connectivity index (χ0) is 29.7. The van der Waals surface area contributed by atoms with Gasteiger partial charge in [0.2, 0.25) is 13.6 Å². The summed E-state index contributed by atoms with van der Waals surface area (Å²) in [4.78, 5) is 49.0. The average Bonchev–Trinajstić information content (AvgIpc) is 3.33. The minimum absolute atomic E-state index is 0.396. The smallest absolute Gasteiger partial charge is 0.432 e. The van der Waals surface area contributed by atoms with Gasteiger partial charge in [-0.1, -0.05) is 0 Å². The molecule has 40 heavy (non-hydrogen) atoms. The number of carbonyl (C=O) groups excluding carboxylic acids is 2. The van der Waals surface area contributed by atoms with Gasteiger partial charge in [0.1, 0.15) is 19.0 Å². The Balaban J connectivity index is 1.75. The fourth-order valence-electron chi connectivity index (χ4n) is 3.65. The number of carbonyl (C=O) groups is 2. The van der Waals surface area contributed by atoms with E-state index in [4.69, 9.17) is 37.3 Å². The lowest BCUT2D eigenvalue weighted by Crippen LogP contribution is -2.48. The molecule has 17 nitrogen and oxygen atoms in total. The van der Waals surface area contributed by atoms with Crippen molar-refractivity contribution in [2.45, 2.75) is 70.6 Å². The topological polar surface area (TPSA) is 198 Å². The van der Waals surface area contributed by atoms with E-state index in [9.17, 15) is 23.7 Å². The molecule has 0 saturated carbocycles. The first kappa shape index (κ1) is 31.7. The van der Waals surface area contributed by atoms with E-state index in [0.29, 0.717) is 0 Å². The van der Waals surface area contributed by atoms with Crippen molar-refractivity contribution in [2.24, 2.45) is 0 Å². The number of fused-ring (bicyclic) bond motifs is 1. The van der Waals surface area contributed by atoms with Crippen LogP contribution in [-0.2, 0) is 51.3 Å². The van der Waals surface area contributed by atoms with Crippen LogP contribution in [0.4, 0.5) is 14.0 Å². The number of phosphoric ester groups is 1. The van der Waals surface area contributed by atoms with Gasteiger partial charge < -0.3 is 33.2 Å². The molecule has 1 aromatic rings. The zero-order valence-corrected chi connectivity index (χ0v) is 23.1. The van der Waals surface area contributed by atoms with Crippen molar-refractivity contribution in [1.82, 2.24) is 9.55 Å². The van der Waals surface area contributed by atoms with Crippen LogP contribution in [-0.4, -0.2) is 78.6 Å². The van der Waals surface area contributed by atoms with Crippen LogP contribution in [0, 0.1) is 0 Å². The lowest BCUT2D eigenvalue weighted by Gasteiger charge is -2.27. The second kappa shape index (κ2) is 12.8. The van der Waals surface area contributed by atoms with Crippen LogP contribution < -0.4 is 11.2 Å². The Bertz CT molecular complexity index is 1190. The molecule has 2 fully saturated rings. The Morgan fingerprint density at radius 1 is 1.10 bits per heavy atom. The van der Waals surface area contributed by atoms with Gasteiger partial charge in [0, 0.05) is 12.3 Å². The molecular weight excluding hydrogens is 570 g/mol. The van der Waals surface area contributed by atoms with Gasteiger partial charge in [-0.05, 0) is 34.6 Å². The van der Waals surface area contributed by atoms with E-state index in [2.05, 4.69) is 9.47 Å². The third-order valence-corrected chi connectivity index (χ3v) is 6.57. The lowest BCUT2D eigenvalue weighted by atomic mass is 9.95. The van der Waals surface area contributed by atoms with Crippen LogP contribution in [0.1, 0.15) is 40.8 Å². The van der Waals surface area contributed by atoms with Crippen molar-refractivity contribution >= 4 is 20.1 Å². The molecule has 2 saturated heterocycles. The van der Waals surface area contributed by atoms with E-state index in [1.807, 2.05) is 4.98 Å². The number of nitrogens with one attached hydrogen (secondary N) is 1. The van der Waals surface area contributed by atoms with E-state index in [0.717, 1.165) is 16.8 Å². The maximum Gasteiger partial charge on any atom is 0.510 e. The zero-order valence-electron chi connectivity index (χ0n) is 22.2. The molecule has 1 aromatic heterocycles. The fraction of sp³-hybridized carbons (Fsp3) is 0.714. The first-order chi connectivity index (χ1) is 18.7. The monoisotopic (exact) mass is 600 g/mol. The highest BCUT2D eigenvalue weighted by molar-refractivity contribution is 7.48. The molecule has 0 amide bonds. The third kappa shape index (κ3) is 7.66. The molecule has 0 aromatic carbocycles. The normalized spacial score (nSPS) is 26.1. The number of alkyl halides is 1. The first-order valence-electron chi connectivity index (χ1n) is 11.8.